The third kappa shape index (κ3) is 2.87. The zero-order valence-electron chi connectivity index (χ0n) is 11.1. The summed E-state index contributed by atoms with van der Waals surface area (Å²) in [7, 11) is 1.49. The van der Waals surface area contributed by atoms with Crippen LogP contribution >= 0.6 is 12.4 Å². The number of cyclic esters (lactones) is 1. The number of carbonyl (C=O) groups is 1. The molecule has 0 bridgehead atoms. The first-order valence-corrected chi connectivity index (χ1v) is 5.75. The number of para-hydroxylation sites is 1. The highest BCUT2D eigenvalue weighted by molar-refractivity contribution is 5.85. The van der Waals surface area contributed by atoms with Crippen molar-refractivity contribution in [2.24, 2.45) is 5.41 Å². The Morgan fingerprint density at radius 3 is 2.79 bits per heavy atom. The van der Waals surface area contributed by atoms with Crippen LogP contribution in [-0.4, -0.2) is 24.9 Å². The number of phenols is 1. The fourth-order valence-corrected chi connectivity index (χ4v) is 2.13. The van der Waals surface area contributed by atoms with Crippen molar-refractivity contribution in [2.75, 3.05) is 13.7 Å². The fraction of sp³-hybridized carbons (Fsp3) is 0.462. The van der Waals surface area contributed by atoms with Crippen LogP contribution in [0.25, 0.3) is 0 Å². The van der Waals surface area contributed by atoms with Crippen molar-refractivity contribution in [3.63, 3.8) is 0 Å². The molecule has 0 saturated carbocycles. The van der Waals surface area contributed by atoms with Gasteiger partial charge in [0.2, 0.25) is 0 Å². The third-order valence-electron chi connectivity index (χ3n) is 3.18. The Morgan fingerprint density at radius 1 is 1.47 bits per heavy atom. The van der Waals surface area contributed by atoms with Crippen molar-refractivity contribution in [3.05, 3.63) is 23.8 Å². The van der Waals surface area contributed by atoms with E-state index < -0.39 is 6.09 Å². The van der Waals surface area contributed by atoms with Crippen LogP contribution < -0.4 is 10.1 Å². The Hall–Kier alpha value is -1.62. The van der Waals surface area contributed by atoms with Gasteiger partial charge < -0.3 is 19.9 Å². The van der Waals surface area contributed by atoms with E-state index in [4.69, 9.17) is 9.47 Å². The number of hydrogen-bond donors (Lipinski definition) is 2. The van der Waals surface area contributed by atoms with Gasteiger partial charge >= 0.3 is 6.09 Å². The van der Waals surface area contributed by atoms with Gasteiger partial charge in [0.1, 0.15) is 6.61 Å². The van der Waals surface area contributed by atoms with Crippen LogP contribution in [0.5, 0.6) is 11.5 Å². The van der Waals surface area contributed by atoms with E-state index in [0.29, 0.717) is 17.9 Å². The molecule has 6 heteroatoms. The lowest BCUT2D eigenvalue weighted by atomic mass is 9.80. The Balaban J connectivity index is 0.00000180. The summed E-state index contributed by atoms with van der Waals surface area (Å²) in [4.78, 5) is 11.4. The standard InChI is InChI=1S/C13H17NO4.ClH/c1-13(2)7-18-12(16)14-11(13)8-5-4-6-9(17-3)10(8)15;/h4-6,11,15H,7H2,1-3H3,(H,14,16);1H/t11-;/m0./s1. The molecule has 1 aromatic carbocycles. The summed E-state index contributed by atoms with van der Waals surface area (Å²) < 4.78 is 10.1. The van der Waals surface area contributed by atoms with Crippen LogP contribution in [0.2, 0.25) is 0 Å². The minimum Gasteiger partial charge on any atom is -0.504 e. The van der Waals surface area contributed by atoms with Gasteiger partial charge in [0.25, 0.3) is 0 Å². The number of ether oxygens (including phenoxy) is 2. The van der Waals surface area contributed by atoms with Gasteiger partial charge in [-0.2, -0.15) is 0 Å². The quantitative estimate of drug-likeness (QED) is 0.877. The predicted octanol–water partition coefficient (Wildman–Crippen LogP) is 2.63. The first-order chi connectivity index (χ1) is 8.45. The first kappa shape index (κ1) is 15.4. The number of hydrogen-bond acceptors (Lipinski definition) is 4. The second-order valence-corrected chi connectivity index (χ2v) is 5.04. The van der Waals surface area contributed by atoms with Gasteiger partial charge in [0.05, 0.1) is 13.2 Å². The molecule has 19 heavy (non-hydrogen) atoms. The number of alkyl carbamates (subject to hydrolysis) is 1. The van der Waals surface area contributed by atoms with Crippen molar-refractivity contribution in [1.82, 2.24) is 5.32 Å². The monoisotopic (exact) mass is 287 g/mol. The van der Waals surface area contributed by atoms with Gasteiger partial charge in [-0.3, -0.25) is 0 Å². The van der Waals surface area contributed by atoms with Crippen LogP contribution in [0.15, 0.2) is 18.2 Å². The number of methoxy groups -OCH3 is 1. The predicted molar refractivity (Wildman–Crippen MR) is 72.9 cm³/mol. The Kier molecular flexibility index (Phi) is 4.52. The molecule has 1 heterocycles. The maximum absolute atomic E-state index is 11.4. The van der Waals surface area contributed by atoms with Gasteiger partial charge in [-0.05, 0) is 6.07 Å². The molecule has 5 nitrogen and oxygen atoms in total. The number of nitrogens with one attached hydrogen (secondary N) is 1. The summed E-state index contributed by atoms with van der Waals surface area (Å²) in [5.74, 6) is 0.448. The molecule has 0 unspecified atom stereocenters. The molecule has 106 valence electrons. The molecule has 0 spiro atoms. The van der Waals surface area contributed by atoms with E-state index in [2.05, 4.69) is 5.32 Å². The molecule has 0 aromatic heterocycles. The highest BCUT2D eigenvalue weighted by Gasteiger charge is 2.39. The summed E-state index contributed by atoms with van der Waals surface area (Å²) in [5.41, 5.74) is 0.327. The molecule has 1 aliphatic heterocycles. The van der Waals surface area contributed by atoms with E-state index in [1.807, 2.05) is 13.8 Å². The van der Waals surface area contributed by atoms with Crippen molar-refractivity contribution < 1.29 is 19.4 Å². The van der Waals surface area contributed by atoms with Crippen LogP contribution in [-0.2, 0) is 4.74 Å². The highest BCUT2D eigenvalue weighted by Crippen LogP contribution is 2.42. The average molecular weight is 288 g/mol. The van der Waals surface area contributed by atoms with Gasteiger partial charge in [-0.15, -0.1) is 12.4 Å². The molecule has 2 rings (SSSR count). The number of phenolic OH excluding ortho intramolecular Hbond substituents is 1. The number of amides is 1. The lowest BCUT2D eigenvalue weighted by Gasteiger charge is -2.38. The Labute approximate surface area is 118 Å². The smallest absolute Gasteiger partial charge is 0.407 e. The largest absolute Gasteiger partial charge is 0.504 e. The molecule has 0 radical (unpaired) electrons. The summed E-state index contributed by atoms with van der Waals surface area (Å²) in [6, 6.07) is 4.92. The number of carbonyl (C=O) groups excluding carboxylic acids is 1. The van der Waals surface area contributed by atoms with Crippen LogP contribution in [0, 0.1) is 5.41 Å². The lowest BCUT2D eigenvalue weighted by Crippen LogP contribution is -2.46. The van der Waals surface area contributed by atoms with E-state index in [1.54, 1.807) is 18.2 Å². The van der Waals surface area contributed by atoms with Crippen LogP contribution in [0.4, 0.5) is 4.79 Å². The summed E-state index contributed by atoms with van der Waals surface area (Å²) in [5, 5.41) is 12.9. The molecular weight excluding hydrogens is 270 g/mol. The molecule has 1 amide bonds. The van der Waals surface area contributed by atoms with Gasteiger partial charge in [-0.1, -0.05) is 26.0 Å². The van der Waals surface area contributed by atoms with Crippen molar-refractivity contribution >= 4 is 18.5 Å². The van der Waals surface area contributed by atoms with Gasteiger partial charge in [-0.25, -0.2) is 4.79 Å². The molecule has 1 saturated heterocycles. The van der Waals surface area contributed by atoms with Crippen molar-refractivity contribution in [1.29, 1.82) is 0 Å². The number of rotatable bonds is 2. The summed E-state index contributed by atoms with van der Waals surface area (Å²) in [6.07, 6.45) is -0.471. The summed E-state index contributed by atoms with van der Waals surface area (Å²) >= 11 is 0. The normalized spacial score (nSPS) is 20.8. The lowest BCUT2D eigenvalue weighted by molar-refractivity contribution is 0.0380. The van der Waals surface area contributed by atoms with E-state index in [9.17, 15) is 9.90 Å². The SMILES string of the molecule is COc1cccc([C@@H]2NC(=O)OCC2(C)C)c1O.Cl. The molecular formula is C13H18ClNO4. The summed E-state index contributed by atoms with van der Waals surface area (Å²) in [6.45, 7) is 4.24. The average Bonchev–Trinajstić information content (AvgIpc) is 2.33. The van der Waals surface area contributed by atoms with Crippen molar-refractivity contribution in [3.8, 4) is 11.5 Å². The zero-order chi connectivity index (χ0) is 13.3. The molecule has 1 fully saturated rings. The van der Waals surface area contributed by atoms with E-state index in [0.717, 1.165) is 0 Å². The molecule has 1 aromatic rings. The molecule has 1 aliphatic rings. The second kappa shape index (κ2) is 5.57. The van der Waals surface area contributed by atoms with Gasteiger partial charge in [0, 0.05) is 11.0 Å². The van der Waals surface area contributed by atoms with E-state index in [1.165, 1.54) is 7.11 Å². The zero-order valence-corrected chi connectivity index (χ0v) is 11.9. The molecule has 0 aliphatic carbocycles. The fourth-order valence-electron chi connectivity index (χ4n) is 2.13. The van der Waals surface area contributed by atoms with E-state index in [-0.39, 0.29) is 29.6 Å². The number of aromatic hydroxyl groups is 1. The number of halogens is 1. The Morgan fingerprint density at radius 2 is 2.16 bits per heavy atom. The van der Waals surface area contributed by atoms with E-state index >= 15 is 0 Å². The van der Waals surface area contributed by atoms with Crippen LogP contribution in [0.1, 0.15) is 25.5 Å². The number of benzene rings is 1. The molecule has 1 atom stereocenters. The topological polar surface area (TPSA) is 67.8 Å². The van der Waals surface area contributed by atoms with Crippen LogP contribution in [0.3, 0.4) is 0 Å². The maximum atomic E-state index is 11.4. The van der Waals surface area contributed by atoms with Crippen molar-refractivity contribution in [2.45, 2.75) is 19.9 Å². The third-order valence-corrected chi connectivity index (χ3v) is 3.18. The first-order valence-electron chi connectivity index (χ1n) is 5.75. The minimum absolute atomic E-state index is 0. The second-order valence-electron chi connectivity index (χ2n) is 5.04. The highest BCUT2D eigenvalue weighted by atomic mass is 35.5. The minimum atomic E-state index is -0.471. The van der Waals surface area contributed by atoms with Gasteiger partial charge in [0.15, 0.2) is 11.5 Å². The molecule has 2 N–H and O–H groups in total. The Bertz CT molecular complexity index is 476. The maximum Gasteiger partial charge on any atom is 0.407 e.